The van der Waals surface area contributed by atoms with Gasteiger partial charge in [0.15, 0.2) is 11.5 Å². The molecule has 14 heteroatoms. The van der Waals surface area contributed by atoms with Gasteiger partial charge in [-0.15, -0.1) is 5.10 Å². The second-order valence-electron chi connectivity index (χ2n) is 11.5. The number of aryl methyl sites for hydroxylation is 1. The van der Waals surface area contributed by atoms with Crippen molar-refractivity contribution in [2.75, 3.05) is 17.8 Å². The summed E-state index contributed by atoms with van der Waals surface area (Å²) in [6, 6.07) is 17.4. The van der Waals surface area contributed by atoms with Crippen molar-refractivity contribution in [2.45, 2.75) is 25.8 Å². The Kier molecular flexibility index (Phi) is 7.99. The molecular formula is C34H31N9O4S. The first-order valence-electron chi connectivity index (χ1n) is 15.4. The van der Waals surface area contributed by atoms with Crippen molar-refractivity contribution in [3.8, 4) is 17.5 Å². The molecule has 0 spiro atoms. The number of aromatic nitrogens is 6. The minimum atomic E-state index is -3.96. The molecule has 6 aromatic rings. The van der Waals surface area contributed by atoms with E-state index in [-0.39, 0.29) is 22.6 Å². The van der Waals surface area contributed by atoms with Crippen LogP contribution in [0.15, 0.2) is 90.2 Å². The Morgan fingerprint density at radius 2 is 1.81 bits per heavy atom. The number of amides is 1. The van der Waals surface area contributed by atoms with E-state index in [1.54, 1.807) is 46.9 Å². The molecule has 48 heavy (non-hydrogen) atoms. The molecule has 4 aromatic heterocycles. The normalized spacial score (nSPS) is 14.1. The van der Waals surface area contributed by atoms with Crippen LogP contribution >= 0.6 is 0 Å². The van der Waals surface area contributed by atoms with Crippen LogP contribution in [0.2, 0.25) is 0 Å². The van der Waals surface area contributed by atoms with Gasteiger partial charge in [-0.3, -0.25) is 23.6 Å². The molecule has 13 nitrogen and oxygen atoms in total. The van der Waals surface area contributed by atoms with Gasteiger partial charge >= 0.3 is 10.2 Å². The molecule has 1 aliphatic rings. The predicted octanol–water partition coefficient (Wildman–Crippen LogP) is 3.41. The molecule has 1 fully saturated rings. The van der Waals surface area contributed by atoms with Crippen molar-refractivity contribution in [3.63, 3.8) is 0 Å². The van der Waals surface area contributed by atoms with E-state index in [0.717, 1.165) is 18.4 Å². The van der Waals surface area contributed by atoms with Crippen molar-refractivity contribution in [2.24, 2.45) is 7.05 Å². The summed E-state index contributed by atoms with van der Waals surface area (Å²) < 4.78 is 34.8. The highest BCUT2D eigenvalue weighted by molar-refractivity contribution is 7.90. The Balaban J connectivity index is 1.30. The molecule has 1 saturated heterocycles. The van der Waals surface area contributed by atoms with Gasteiger partial charge in [0.25, 0.3) is 11.5 Å². The first-order valence-corrected chi connectivity index (χ1v) is 16.8. The van der Waals surface area contributed by atoms with Crippen molar-refractivity contribution in [1.82, 2.24) is 38.6 Å². The SMILES string of the molecule is C[C@@H](NC(=O)c1c(NS(=O)(=O)N2CCCC2)nn2cccnc12)c1cc2cccc(C#Cc3cnn(C)c3)c2c(=O)n1-c1ccccc1. The van der Waals surface area contributed by atoms with Crippen LogP contribution in [0.25, 0.3) is 22.1 Å². The van der Waals surface area contributed by atoms with Crippen LogP contribution in [0, 0.1) is 11.8 Å². The van der Waals surface area contributed by atoms with Crippen LogP contribution in [-0.4, -0.2) is 60.7 Å². The van der Waals surface area contributed by atoms with Gasteiger partial charge in [-0.05, 0) is 55.5 Å². The fourth-order valence-corrected chi connectivity index (χ4v) is 7.15. The number of pyridine rings is 1. The first-order chi connectivity index (χ1) is 23.2. The third-order valence-corrected chi connectivity index (χ3v) is 9.68. The van der Waals surface area contributed by atoms with E-state index in [0.29, 0.717) is 40.8 Å². The van der Waals surface area contributed by atoms with E-state index in [9.17, 15) is 18.0 Å². The Labute approximate surface area is 276 Å². The molecule has 0 unspecified atom stereocenters. The first kappa shape index (κ1) is 30.9. The molecule has 2 N–H and O–H groups in total. The summed E-state index contributed by atoms with van der Waals surface area (Å²) in [5, 5.41) is 12.6. The van der Waals surface area contributed by atoms with Gasteiger partial charge in [0.2, 0.25) is 0 Å². The molecule has 1 amide bonds. The third-order valence-electron chi connectivity index (χ3n) is 8.18. The van der Waals surface area contributed by atoms with Gasteiger partial charge in [0.1, 0.15) is 5.56 Å². The zero-order chi connectivity index (χ0) is 33.4. The minimum Gasteiger partial charge on any atom is -0.344 e. The summed E-state index contributed by atoms with van der Waals surface area (Å²) in [5.74, 6) is 5.47. The highest BCUT2D eigenvalue weighted by atomic mass is 32.2. The molecule has 5 heterocycles. The number of hydrogen-bond acceptors (Lipinski definition) is 7. The van der Waals surface area contributed by atoms with E-state index in [2.05, 4.69) is 37.1 Å². The van der Waals surface area contributed by atoms with Crippen LogP contribution in [-0.2, 0) is 17.3 Å². The number of carbonyl (C=O) groups is 1. The summed E-state index contributed by atoms with van der Waals surface area (Å²) in [6.07, 6.45) is 8.05. The summed E-state index contributed by atoms with van der Waals surface area (Å²) in [6.45, 7) is 2.53. The fourth-order valence-electron chi connectivity index (χ4n) is 5.90. The lowest BCUT2D eigenvalue weighted by Crippen LogP contribution is -2.35. The summed E-state index contributed by atoms with van der Waals surface area (Å²) in [5.41, 5.74) is 2.23. The van der Waals surface area contributed by atoms with Crippen LogP contribution in [0.3, 0.4) is 0 Å². The highest BCUT2D eigenvalue weighted by Crippen LogP contribution is 2.26. The Hall–Kier alpha value is -5.78. The summed E-state index contributed by atoms with van der Waals surface area (Å²) in [7, 11) is -2.15. The number of hydrogen-bond donors (Lipinski definition) is 2. The maximum atomic E-state index is 14.4. The van der Waals surface area contributed by atoms with E-state index >= 15 is 0 Å². The molecule has 0 aliphatic carbocycles. The highest BCUT2D eigenvalue weighted by Gasteiger charge is 2.31. The van der Waals surface area contributed by atoms with Gasteiger partial charge in [-0.2, -0.15) is 17.8 Å². The second kappa shape index (κ2) is 12.4. The molecule has 0 radical (unpaired) electrons. The predicted molar refractivity (Wildman–Crippen MR) is 181 cm³/mol. The lowest BCUT2D eigenvalue weighted by molar-refractivity contribution is 0.0941. The standard InChI is InChI=1S/C34H31N9O4S/c1-23(37-33(44)30-31(38-42-19-9-16-35-32(30)42)39-48(46,47)41-17-6-7-18-41)28-20-26-11-8-10-25(15-14-24-21-36-40(2)22-24)29(26)34(45)43(28)27-12-4-3-5-13-27/h3-5,8-13,16,19-23H,6-7,17-18H2,1-2H3,(H,37,44)(H,38,39)/t23-/m1/s1. The van der Waals surface area contributed by atoms with Crippen LogP contribution in [0.1, 0.15) is 53.0 Å². The number of nitrogens with one attached hydrogen (secondary N) is 2. The van der Waals surface area contributed by atoms with Crippen molar-refractivity contribution < 1.29 is 13.2 Å². The number of benzene rings is 2. The van der Waals surface area contributed by atoms with Gasteiger partial charge in [0, 0.05) is 55.7 Å². The van der Waals surface area contributed by atoms with Crippen LogP contribution in [0.4, 0.5) is 5.82 Å². The quantitative estimate of drug-likeness (QED) is 0.249. The molecule has 1 aliphatic heterocycles. The van der Waals surface area contributed by atoms with Crippen molar-refractivity contribution in [1.29, 1.82) is 0 Å². The molecule has 242 valence electrons. The van der Waals surface area contributed by atoms with Gasteiger partial charge in [-0.1, -0.05) is 42.2 Å². The summed E-state index contributed by atoms with van der Waals surface area (Å²) >= 11 is 0. The van der Waals surface area contributed by atoms with E-state index < -0.39 is 22.2 Å². The number of nitrogens with zero attached hydrogens (tertiary/aromatic N) is 7. The topological polar surface area (TPSA) is 149 Å². The van der Waals surface area contributed by atoms with Gasteiger partial charge in [-0.25, -0.2) is 9.50 Å². The molecule has 7 rings (SSSR count). The number of para-hydroxylation sites is 1. The molecule has 0 saturated carbocycles. The Bertz CT molecular complexity index is 2420. The molecule has 0 bridgehead atoms. The van der Waals surface area contributed by atoms with E-state index in [4.69, 9.17) is 0 Å². The monoisotopic (exact) mass is 661 g/mol. The van der Waals surface area contributed by atoms with E-state index in [1.165, 1.54) is 15.0 Å². The van der Waals surface area contributed by atoms with E-state index in [1.807, 2.05) is 55.6 Å². The zero-order valence-corrected chi connectivity index (χ0v) is 27.0. The maximum absolute atomic E-state index is 14.4. The molecule has 1 atom stereocenters. The van der Waals surface area contributed by atoms with Crippen LogP contribution in [0.5, 0.6) is 0 Å². The minimum absolute atomic E-state index is 0.0346. The number of anilines is 1. The largest absolute Gasteiger partial charge is 0.344 e. The lowest BCUT2D eigenvalue weighted by Gasteiger charge is -2.21. The van der Waals surface area contributed by atoms with Gasteiger partial charge in [0.05, 0.1) is 23.2 Å². The second-order valence-corrected chi connectivity index (χ2v) is 13.2. The number of rotatable bonds is 7. The maximum Gasteiger partial charge on any atom is 0.302 e. The van der Waals surface area contributed by atoms with Crippen molar-refractivity contribution in [3.05, 3.63) is 118 Å². The average Bonchev–Trinajstić information content (AvgIpc) is 3.84. The third kappa shape index (κ3) is 5.81. The summed E-state index contributed by atoms with van der Waals surface area (Å²) in [4.78, 5) is 32.7. The number of fused-ring (bicyclic) bond motifs is 2. The Morgan fingerprint density at radius 1 is 1.02 bits per heavy atom. The zero-order valence-electron chi connectivity index (χ0n) is 26.2. The smallest absolute Gasteiger partial charge is 0.302 e. The molecule has 2 aromatic carbocycles. The average molecular weight is 662 g/mol. The Morgan fingerprint density at radius 3 is 2.56 bits per heavy atom. The lowest BCUT2D eigenvalue weighted by atomic mass is 10.0. The van der Waals surface area contributed by atoms with Crippen LogP contribution < -0.4 is 15.6 Å². The van der Waals surface area contributed by atoms with Gasteiger partial charge < -0.3 is 5.32 Å². The number of carbonyl (C=O) groups excluding carboxylic acids is 1. The van der Waals surface area contributed by atoms with Crippen molar-refractivity contribution >= 4 is 38.4 Å². The molecular weight excluding hydrogens is 631 g/mol. The fraction of sp³-hybridized carbons (Fsp3) is 0.206.